The van der Waals surface area contributed by atoms with Crippen LogP contribution in [-0.2, 0) is 19.7 Å². The van der Waals surface area contributed by atoms with Crippen molar-refractivity contribution in [2.45, 2.75) is 19.6 Å². The topological polar surface area (TPSA) is 68.3 Å². The number of hydrogen-bond donors (Lipinski definition) is 0. The molecular weight excluding hydrogens is 424 g/mol. The third-order valence-electron chi connectivity index (χ3n) is 3.62. The molecule has 0 fully saturated rings. The lowest BCUT2D eigenvalue weighted by Crippen LogP contribution is -2.04. The summed E-state index contributed by atoms with van der Waals surface area (Å²) in [6.45, 7) is 0. The van der Waals surface area contributed by atoms with Gasteiger partial charge in [-0.25, -0.2) is 16.8 Å². The summed E-state index contributed by atoms with van der Waals surface area (Å²) in [5, 5.41) is 0. The van der Waals surface area contributed by atoms with E-state index in [2.05, 4.69) is 15.9 Å². The van der Waals surface area contributed by atoms with Gasteiger partial charge in [-0.1, -0.05) is 34.1 Å². The monoisotopic (exact) mass is 436 g/mol. The van der Waals surface area contributed by atoms with E-state index in [4.69, 9.17) is 0 Å². The van der Waals surface area contributed by atoms with Crippen molar-refractivity contribution < 1.29 is 16.8 Å². The molecule has 3 rings (SSSR count). The third-order valence-corrected chi connectivity index (χ3v) is 7.72. The Morgan fingerprint density at radius 2 is 0.800 bits per heavy atom. The van der Waals surface area contributed by atoms with Gasteiger partial charge in [0.15, 0.2) is 0 Å². The Bertz CT molecular complexity index is 1090. The van der Waals surface area contributed by atoms with Gasteiger partial charge in [-0.2, -0.15) is 0 Å². The molecule has 3 aromatic carbocycles. The molecule has 128 valence electrons. The van der Waals surface area contributed by atoms with Crippen molar-refractivity contribution in [2.24, 2.45) is 0 Å². The lowest BCUT2D eigenvalue weighted by molar-refractivity contribution is 0.592. The van der Waals surface area contributed by atoms with Crippen LogP contribution in [0.3, 0.4) is 0 Å². The first kappa shape index (κ1) is 17.8. The second-order valence-electron chi connectivity index (χ2n) is 5.25. The maximum absolute atomic E-state index is 12.6. The fourth-order valence-corrected chi connectivity index (χ4v) is 5.09. The second kappa shape index (κ2) is 6.74. The van der Waals surface area contributed by atoms with Crippen LogP contribution in [0, 0.1) is 0 Å². The molecule has 0 radical (unpaired) electrons. The Morgan fingerprint density at radius 1 is 0.480 bits per heavy atom. The van der Waals surface area contributed by atoms with Gasteiger partial charge in [-0.15, -0.1) is 0 Å². The smallest absolute Gasteiger partial charge is 0.206 e. The first-order valence-electron chi connectivity index (χ1n) is 7.23. The largest absolute Gasteiger partial charge is 0.219 e. The molecule has 4 nitrogen and oxygen atoms in total. The Hall–Kier alpha value is -1.96. The van der Waals surface area contributed by atoms with Crippen LogP contribution in [0.15, 0.2) is 103 Å². The van der Waals surface area contributed by atoms with Crippen molar-refractivity contribution in [3.8, 4) is 0 Å². The molecule has 0 saturated carbocycles. The van der Waals surface area contributed by atoms with E-state index >= 15 is 0 Å². The van der Waals surface area contributed by atoms with Crippen molar-refractivity contribution in [2.75, 3.05) is 0 Å². The van der Waals surface area contributed by atoms with Crippen molar-refractivity contribution in [3.05, 3.63) is 83.3 Å². The summed E-state index contributed by atoms with van der Waals surface area (Å²) in [6, 6.07) is 19.5. The highest BCUT2D eigenvalue weighted by molar-refractivity contribution is 9.10. The molecule has 25 heavy (non-hydrogen) atoms. The molecule has 0 saturated heterocycles. The number of sulfone groups is 2. The molecule has 0 atom stereocenters. The van der Waals surface area contributed by atoms with Gasteiger partial charge < -0.3 is 0 Å². The SMILES string of the molecule is O=S(=O)(c1ccccc1)c1ccc(S(=O)(=O)c2ccc(Br)cc2)cc1. The molecule has 0 aliphatic carbocycles. The molecule has 0 amide bonds. The fourth-order valence-electron chi connectivity index (χ4n) is 2.28. The van der Waals surface area contributed by atoms with Gasteiger partial charge in [0.1, 0.15) is 0 Å². The summed E-state index contributed by atoms with van der Waals surface area (Å²) < 4.78 is 51.1. The quantitative estimate of drug-likeness (QED) is 0.616. The van der Waals surface area contributed by atoms with Crippen molar-refractivity contribution in [1.82, 2.24) is 0 Å². The lowest BCUT2D eigenvalue weighted by atomic mass is 10.4. The Kier molecular flexibility index (Phi) is 4.81. The first-order valence-corrected chi connectivity index (χ1v) is 11.0. The van der Waals surface area contributed by atoms with E-state index in [1.165, 1.54) is 48.5 Å². The van der Waals surface area contributed by atoms with Crippen LogP contribution >= 0.6 is 15.9 Å². The minimum Gasteiger partial charge on any atom is -0.219 e. The molecule has 0 unspecified atom stereocenters. The molecule has 3 aromatic rings. The van der Waals surface area contributed by atoms with Crippen LogP contribution in [0.4, 0.5) is 0 Å². The summed E-state index contributed by atoms with van der Waals surface area (Å²) in [6.07, 6.45) is 0. The molecule has 0 spiro atoms. The Labute approximate surface area is 155 Å². The summed E-state index contributed by atoms with van der Waals surface area (Å²) >= 11 is 3.26. The van der Waals surface area contributed by atoms with Crippen LogP contribution in [0.2, 0.25) is 0 Å². The van der Waals surface area contributed by atoms with Gasteiger partial charge in [0.2, 0.25) is 19.7 Å². The number of hydrogen-bond acceptors (Lipinski definition) is 4. The zero-order chi connectivity index (χ0) is 18.1. The Morgan fingerprint density at radius 3 is 1.20 bits per heavy atom. The second-order valence-corrected chi connectivity index (χ2v) is 10.1. The van der Waals surface area contributed by atoms with E-state index < -0.39 is 19.7 Å². The zero-order valence-corrected chi connectivity index (χ0v) is 16.1. The summed E-state index contributed by atoms with van der Waals surface area (Å²) in [5.41, 5.74) is 0. The van der Waals surface area contributed by atoms with Crippen LogP contribution < -0.4 is 0 Å². The van der Waals surface area contributed by atoms with E-state index in [9.17, 15) is 16.8 Å². The van der Waals surface area contributed by atoms with Gasteiger partial charge in [-0.05, 0) is 60.7 Å². The van der Waals surface area contributed by atoms with Gasteiger partial charge in [0.25, 0.3) is 0 Å². The summed E-state index contributed by atoms with van der Waals surface area (Å²) in [7, 11) is -7.37. The van der Waals surface area contributed by atoms with Crippen LogP contribution in [0.1, 0.15) is 0 Å². The predicted octanol–water partition coefficient (Wildman–Crippen LogP) is 4.11. The van der Waals surface area contributed by atoms with E-state index in [0.717, 1.165) is 4.47 Å². The molecule has 0 aliphatic heterocycles. The fraction of sp³-hybridized carbons (Fsp3) is 0. The maximum atomic E-state index is 12.6. The van der Waals surface area contributed by atoms with Gasteiger partial charge in [0.05, 0.1) is 19.6 Å². The van der Waals surface area contributed by atoms with Crippen LogP contribution in [0.25, 0.3) is 0 Å². The number of benzene rings is 3. The normalized spacial score (nSPS) is 12.0. The van der Waals surface area contributed by atoms with E-state index in [0.29, 0.717) is 0 Å². The maximum Gasteiger partial charge on any atom is 0.206 e. The Balaban J connectivity index is 1.99. The zero-order valence-electron chi connectivity index (χ0n) is 12.8. The molecule has 0 bridgehead atoms. The lowest BCUT2D eigenvalue weighted by Gasteiger charge is -2.07. The molecular formula is C18H13BrO4S2. The summed E-state index contributed by atoms with van der Waals surface area (Å²) in [5.74, 6) is 0. The van der Waals surface area contributed by atoms with E-state index in [-0.39, 0.29) is 19.6 Å². The highest BCUT2D eigenvalue weighted by Gasteiger charge is 2.21. The van der Waals surface area contributed by atoms with Gasteiger partial charge in [-0.3, -0.25) is 0 Å². The highest BCUT2D eigenvalue weighted by atomic mass is 79.9. The van der Waals surface area contributed by atoms with Crippen LogP contribution in [0.5, 0.6) is 0 Å². The molecule has 0 aromatic heterocycles. The van der Waals surface area contributed by atoms with Crippen molar-refractivity contribution in [3.63, 3.8) is 0 Å². The summed E-state index contributed by atoms with van der Waals surface area (Å²) in [4.78, 5) is 0.406. The van der Waals surface area contributed by atoms with Gasteiger partial charge in [0, 0.05) is 4.47 Å². The highest BCUT2D eigenvalue weighted by Crippen LogP contribution is 2.26. The van der Waals surface area contributed by atoms with E-state index in [1.807, 2.05) is 0 Å². The molecule has 0 aliphatic rings. The molecule has 0 N–H and O–H groups in total. The average molecular weight is 437 g/mol. The number of rotatable bonds is 4. The van der Waals surface area contributed by atoms with Gasteiger partial charge >= 0.3 is 0 Å². The number of halogens is 1. The van der Waals surface area contributed by atoms with Crippen molar-refractivity contribution in [1.29, 1.82) is 0 Å². The predicted molar refractivity (Wildman–Crippen MR) is 97.9 cm³/mol. The minimum atomic E-state index is -3.70. The standard InChI is InChI=1S/C18H13BrO4S2/c19-14-6-8-16(9-7-14)25(22,23)18-12-10-17(11-13-18)24(20,21)15-4-2-1-3-5-15/h1-13H. The third kappa shape index (κ3) is 3.53. The molecule has 7 heteroatoms. The first-order chi connectivity index (χ1) is 11.8. The van der Waals surface area contributed by atoms with Crippen molar-refractivity contribution >= 4 is 35.6 Å². The average Bonchev–Trinajstić information content (AvgIpc) is 2.63. The van der Waals surface area contributed by atoms with Crippen LogP contribution in [-0.4, -0.2) is 16.8 Å². The minimum absolute atomic E-state index is 0.0434. The molecule has 0 heterocycles. The van der Waals surface area contributed by atoms with E-state index in [1.54, 1.807) is 30.3 Å².